The number of aromatic nitrogens is 4. The summed E-state index contributed by atoms with van der Waals surface area (Å²) in [5, 5.41) is 9.40. The standard InChI is InChI=1S/C26H27ClN6O/c27-20-5-3-4-19(16-20)25-24(18-8-10-28-23(17-18)30-21-6-1-2-7-21)22-9-11-29-26(33(22)31-25)32-12-14-34-15-13-32/h3-5,8-11,16-17,21H,1-2,6-7,12-15H2,(H,28,30). The number of pyridine rings is 1. The Morgan fingerprint density at radius 1 is 0.941 bits per heavy atom. The maximum atomic E-state index is 6.38. The first-order valence-corrected chi connectivity index (χ1v) is 12.3. The van der Waals surface area contributed by atoms with Crippen LogP contribution >= 0.6 is 11.6 Å². The van der Waals surface area contributed by atoms with Crippen LogP contribution in [-0.2, 0) is 4.74 Å². The van der Waals surface area contributed by atoms with E-state index in [1.165, 1.54) is 25.7 Å². The summed E-state index contributed by atoms with van der Waals surface area (Å²) in [6, 6.07) is 14.6. The van der Waals surface area contributed by atoms with Crippen molar-refractivity contribution in [3.8, 4) is 22.4 Å². The fourth-order valence-corrected chi connectivity index (χ4v) is 5.20. The quantitative estimate of drug-likeness (QED) is 0.423. The van der Waals surface area contributed by atoms with E-state index in [2.05, 4.69) is 33.4 Å². The Morgan fingerprint density at radius 3 is 2.59 bits per heavy atom. The summed E-state index contributed by atoms with van der Waals surface area (Å²) in [5.74, 6) is 1.73. The fourth-order valence-electron chi connectivity index (χ4n) is 5.01. The molecule has 1 aliphatic heterocycles. The van der Waals surface area contributed by atoms with Crippen molar-refractivity contribution in [2.75, 3.05) is 36.5 Å². The van der Waals surface area contributed by atoms with Gasteiger partial charge in [-0.15, -0.1) is 0 Å². The SMILES string of the molecule is Clc1cccc(-c2nn3c(N4CCOCC4)nccc3c2-c2ccnc(NC3CCCC3)c2)c1. The molecule has 1 aliphatic carbocycles. The van der Waals surface area contributed by atoms with Gasteiger partial charge in [0, 0.05) is 47.7 Å². The first-order valence-electron chi connectivity index (χ1n) is 12.0. The van der Waals surface area contributed by atoms with E-state index in [0.29, 0.717) is 24.3 Å². The minimum absolute atomic E-state index is 0.496. The Hall–Kier alpha value is -3.16. The predicted octanol–water partition coefficient (Wildman–Crippen LogP) is 5.30. The van der Waals surface area contributed by atoms with E-state index in [1.54, 1.807) is 0 Å². The van der Waals surface area contributed by atoms with Gasteiger partial charge in [0.1, 0.15) is 11.5 Å². The van der Waals surface area contributed by atoms with E-state index < -0.39 is 0 Å². The molecule has 0 amide bonds. The minimum Gasteiger partial charge on any atom is -0.378 e. The molecule has 1 saturated carbocycles. The van der Waals surface area contributed by atoms with Gasteiger partial charge < -0.3 is 15.0 Å². The molecule has 1 N–H and O–H groups in total. The summed E-state index contributed by atoms with van der Waals surface area (Å²) in [7, 11) is 0. The van der Waals surface area contributed by atoms with Crippen molar-refractivity contribution in [2.45, 2.75) is 31.7 Å². The maximum Gasteiger partial charge on any atom is 0.227 e. The van der Waals surface area contributed by atoms with Gasteiger partial charge in [0.15, 0.2) is 0 Å². The second-order valence-corrected chi connectivity index (χ2v) is 9.37. The van der Waals surface area contributed by atoms with Crippen molar-refractivity contribution in [3.63, 3.8) is 0 Å². The summed E-state index contributed by atoms with van der Waals surface area (Å²) in [6.45, 7) is 2.96. The van der Waals surface area contributed by atoms with Gasteiger partial charge in [-0.3, -0.25) is 0 Å². The number of nitrogens with zero attached hydrogens (tertiary/aromatic N) is 5. The molecule has 2 aliphatic rings. The number of morpholine rings is 1. The van der Waals surface area contributed by atoms with Crippen LogP contribution in [0.2, 0.25) is 5.02 Å². The molecule has 6 rings (SSSR count). The number of hydrogen-bond donors (Lipinski definition) is 1. The average Bonchev–Trinajstić information content (AvgIpc) is 3.52. The van der Waals surface area contributed by atoms with Crippen LogP contribution in [0.5, 0.6) is 0 Å². The minimum atomic E-state index is 0.496. The highest BCUT2D eigenvalue weighted by Crippen LogP contribution is 2.38. The molecule has 0 atom stereocenters. The smallest absolute Gasteiger partial charge is 0.227 e. The lowest BCUT2D eigenvalue weighted by Gasteiger charge is -2.27. The molecule has 8 heteroatoms. The summed E-state index contributed by atoms with van der Waals surface area (Å²) in [5.41, 5.74) is 4.98. The maximum absolute atomic E-state index is 6.38. The Kier molecular flexibility index (Phi) is 5.81. The zero-order valence-corrected chi connectivity index (χ0v) is 19.7. The van der Waals surface area contributed by atoms with E-state index in [0.717, 1.165) is 52.8 Å². The van der Waals surface area contributed by atoms with Crippen LogP contribution in [0.1, 0.15) is 25.7 Å². The molecule has 3 aromatic heterocycles. The fraction of sp³-hybridized carbons (Fsp3) is 0.346. The van der Waals surface area contributed by atoms with Crippen LogP contribution in [0.3, 0.4) is 0 Å². The number of ether oxygens (including phenoxy) is 1. The zero-order valence-electron chi connectivity index (χ0n) is 19.0. The van der Waals surface area contributed by atoms with Crippen molar-refractivity contribution >= 4 is 28.9 Å². The number of hydrogen-bond acceptors (Lipinski definition) is 6. The Balaban J connectivity index is 1.51. The topological polar surface area (TPSA) is 67.6 Å². The molecular weight excluding hydrogens is 448 g/mol. The number of nitrogens with one attached hydrogen (secondary N) is 1. The van der Waals surface area contributed by atoms with Gasteiger partial charge in [-0.05, 0) is 48.7 Å². The van der Waals surface area contributed by atoms with Gasteiger partial charge in [-0.2, -0.15) is 9.61 Å². The van der Waals surface area contributed by atoms with E-state index in [9.17, 15) is 0 Å². The van der Waals surface area contributed by atoms with Crippen LogP contribution in [0.25, 0.3) is 27.9 Å². The third-order valence-corrected chi connectivity index (χ3v) is 6.92. The molecule has 1 aromatic carbocycles. The first kappa shape index (κ1) is 21.4. The molecule has 4 heterocycles. The predicted molar refractivity (Wildman–Crippen MR) is 136 cm³/mol. The second kappa shape index (κ2) is 9.24. The highest BCUT2D eigenvalue weighted by Gasteiger charge is 2.23. The molecule has 0 spiro atoms. The normalized spacial score (nSPS) is 16.9. The molecule has 7 nitrogen and oxygen atoms in total. The van der Waals surface area contributed by atoms with Crippen molar-refractivity contribution in [3.05, 3.63) is 59.9 Å². The number of halogens is 1. The molecule has 2 fully saturated rings. The van der Waals surface area contributed by atoms with Crippen LogP contribution in [-0.4, -0.2) is 51.9 Å². The summed E-state index contributed by atoms with van der Waals surface area (Å²) >= 11 is 6.38. The summed E-state index contributed by atoms with van der Waals surface area (Å²) < 4.78 is 7.51. The third kappa shape index (κ3) is 4.10. The molecule has 0 unspecified atom stereocenters. The van der Waals surface area contributed by atoms with E-state index in [4.69, 9.17) is 26.4 Å². The molecule has 174 valence electrons. The number of anilines is 2. The lowest BCUT2D eigenvalue weighted by atomic mass is 10.0. The Labute approximate surface area is 203 Å². The second-order valence-electron chi connectivity index (χ2n) is 8.93. The molecule has 0 bridgehead atoms. The molecule has 34 heavy (non-hydrogen) atoms. The van der Waals surface area contributed by atoms with Gasteiger partial charge in [0.05, 0.1) is 18.7 Å². The van der Waals surface area contributed by atoms with Crippen molar-refractivity contribution in [1.82, 2.24) is 19.6 Å². The first-order chi connectivity index (χ1) is 16.8. The van der Waals surface area contributed by atoms with Crippen LogP contribution in [0.4, 0.5) is 11.8 Å². The lowest BCUT2D eigenvalue weighted by molar-refractivity contribution is 0.122. The molecule has 0 radical (unpaired) electrons. The average molecular weight is 475 g/mol. The molecule has 4 aromatic rings. The van der Waals surface area contributed by atoms with Crippen LogP contribution in [0, 0.1) is 0 Å². The molecular formula is C26H27ClN6O. The molecule has 1 saturated heterocycles. The third-order valence-electron chi connectivity index (χ3n) is 6.68. The number of fused-ring (bicyclic) bond motifs is 1. The van der Waals surface area contributed by atoms with E-state index >= 15 is 0 Å². The van der Waals surface area contributed by atoms with E-state index in [-0.39, 0.29) is 0 Å². The largest absolute Gasteiger partial charge is 0.378 e. The Morgan fingerprint density at radius 2 is 1.76 bits per heavy atom. The summed E-state index contributed by atoms with van der Waals surface area (Å²) in [4.78, 5) is 11.5. The number of benzene rings is 1. The van der Waals surface area contributed by atoms with E-state index in [1.807, 2.05) is 41.2 Å². The van der Waals surface area contributed by atoms with Gasteiger partial charge in [-0.1, -0.05) is 36.6 Å². The van der Waals surface area contributed by atoms with Gasteiger partial charge >= 0.3 is 0 Å². The van der Waals surface area contributed by atoms with Gasteiger partial charge in [0.2, 0.25) is 5.95 Å². The Bertz CT molecular complexity index is 1310. The van der Waals surface area contributed by atoms with Crippen molar-refractivity contribution < 1.29 is 4.74 Å². The highest BCUT2D eigenvalue weighted by atomic mass is 35.5. The lowest BCUT2D eigenvalue weighted by Crippen LogP contribution is -2.38. The van der Waals surface area contributed by atoms with Gasteiger partial charge in [0.25, 0.3) is 0 Å². The van der Waals surface area contributed by atoms with Crippen LogP contribution in [0.15, 0.2) is 54.9 Å². The summed E-state index contributed by atoms with van der Waals surface area (Å²) in [6.07, 6.45) is 8.70. The van der Waals surface area contributed by atoms with Crippen LogP contribution < -0.4 is 10.2 Å². The monoisotopic (exact) mass is 474 g/mol. The number of rotatable bonds is 5. The van der Waals surface area contributed by atoms with Crippen molar-refractivity contribution in [2.24, 2.45) is 0 Å². The highest BCUT2D eigenvalue weighted by molar-refractivity contribution is 6.30. The van der Waals surface area contributed by atoms with Crippen molar-refractivity contribution in [1.29, 1.82) is 0 Å². The zero-order chi connectivity index (χ0) is 22.9. The van der Waals surface area contributed by atoms with Gasteiger partial charge in [-0.25, -0.2) is 9.97 Å².